The fourth-order valence-electron chi connectivity index (χ4n) is 3.08. The zero-order chi connectivity index (χ0) is 20.6. The Balaban J connectivity index is 1.54. The summed E-state index contributed by atoms with van der Waals surface area (Å²) >= 11 is 8.11. The van der Waals surface area contributed by atoms with E-state index in [1.165, 1.54) is 5.56 Å². The molecule has 0 bridgehead atoms. The Morgan fingerprint density at radius 3 is 2.38 bits per heavy atom. The summed E-state index contributed by atoms with van der Waals surface area (Å²) in [6, 6.07) is 21.2. The predicted molar refractivity (Wildman–Crippen MR) is 123 cm³/mol. The molecule has 0 fully saturated rings. The van der Waals surface area contributed by atoms with Crippen LogP contribution in [0.5, 0.6) is 0 Å². The lowest BCUT2D eigenvalue weighted by atomic mass is 9.87. The van der Waals surface area contributed by atoms with E-state index in [9.17, 15) is 4.79 Å². The lowest BCUT2D eigenvalue weighted by Crippen LogP contribution is -2.14. The van der Waals surface area contributed by atoms with E-state index in [2.05, 4.69) is 31.1 Å². The van der Waals surface area contributed by atoms with Crippen LogP contribution in [0, 0.1) is 0 Å². The molecular formula is C24H21ClN2OS. The van der Waals surface area contributed by atoms with Gasteiger partial charge in [0.25, 0.3) is 5.91 Å². The molecule has 0 radical (unpaired) electrons. The van der Waals surface area contributed by atoms with Gasteiger partial charge >= 0.3 is 0 Å². The highest BCUT2D eigenvalue weighted by Crippen LogP contribution is 2.35. The van der Waals surface area contributed by atoms with Gasteiger partial charge in [0, 0.05) is 16.8 Å². The minimum absolute atomic E-state index is 0.0546. The number of amides is 1. The van der Waals surface area contributed by atoms with Crippen molar-refractivity contribution in [1.29, 1.82) is 0 Å². The number of anilines is 1. The molecule has 146 valence electrons. The molecule has 4 aromatic rings. The maximum absolute atomic E-state index is 12.6. The van der Waals surface area contributed by atoms with Crippen molar-refractivity contribution in [1.82, 2.24) is 4.98 Å². The zero-order valence-corrected chi connectivity index (χ0v) is 18.1. The minimum atomic E-state index is -0.158. The second kappa shape index (κ2) is 7.62. The summed E-state index contributed by atoms with van der Waals surface area (Å²) in [5, 5.41) is 4.35. The van der Waals surface area contributed by atoms with Gasteiger partial charge in [-0.1, -0.05) is 56.6 Å². The fourth-order valence-corrected chi connectivity index (χ4v) is 4.41. The van der Waals surface area contributed by atoms with Crippen LogP contribution in [-0.2, 0) is 5.41 Å². The number of nitrogens with one attached hydrogen (secondary N) is 1. The average Bonchev–Trinajstić information content (AvgIpc) is 3.11. The molecule has 0 aliphatic rings. The van der Waals surface area contributed by atoms with E-state index in [4.69, 9.17) is 11.6 Å². The first kappa shape index (κ1) is 19.6. The topological polar surface area (TPSA) is 42.0 Å². The quantitative estimate of drug-likeness (QED) is 0.381. The molecule has 29 heavy (non-hydrogen) atoms. The summed E-state index contributed by atoms with van der Waals surface area (Å²) in [5.41, 5.74) is 4.34. The number of para-hydroxylation sites is 1. The van der Waals surface area contributed by atoms with Crippen LogP contribution in [0.3, 0.4) is 0 Å². The number of carbonyl (C=O) groups excluding carboxylic acids is 1. The number of aromatic nitrogens is 1. The number of benzene rings is 3. The number of thiazole rings is 1. The van der Waals surface area contributed by atoms with Crippen molar-refractivity contribution in [3.05, 3.63) is 82.9 Å². The van der Waals surface area contributed by atoms with E-state index in [-0.39, 0.29) is 11.3 Å². The molecule has 0 spiro atoms. The maximum Gasteiger partial charge on any atom is 0.255 e. The zero-order valence-electron chi connectivity index (χ0n) is 16.5. The van der Waals surface area contributed by atoms with Gasteiger partial charge in [-0.15, -0.1) is 11.3 Å². The highest BCUT2D eigenvalue weighted by atomic mass is 35.5. The SMILES string of the molecule is CC(C)(C)c1ccc(C(=O)Nc2ccc(-c3nc4ccccc4s3)c(Cl)c2)cc1. The van der Waals surface area contributed by atoms with Crippen molar-refractivity contribution in [2.45, 2.75) is 26.2 Å². The van der Waals surface area contributed by atoms with Crippen molar-refractivity contribution in [3.8, 4) is 10.6 Å². The molecule has 5 heteroatoms. The number of fused-ring (bicyclic) bond motifs is 1. The van der Waals surface area contributed by atoms with Crippen molar-refractivity contribution in [2.75, 3.05) is 5.32 Å². The first-order chi connectivity index (χ1) is 13.8. The molecule has 4 rings (SSSR count). The van der Waals surface area contributed by atoms with E-state index in [1.54, 1.807) is 17.4 Å². The molecule has 0 unspecified atom stereocenters. The predicted octanol–water partition coefficient (Wildman–Crippen LogP) is 7.17. The summed E-state index contributed by atoms with van der Waals surface area (Å²) in [4.78, 5) is 17.3. The second-order valence-electron chi connectivity index (χ2n) is 7.96. The first-order valence-corrected chi connectivity index (χ1v) is 10.6. The van der Waals surface area contributed by atoms with Gasteiger partial charge in [-0.3, -0.25) is 4.79 Å². The van der Waals surface area contributed by atoms with Crippen LogP contribution in [0.1, 0.15) is 36.7 Å². The Morgan fingerprint density at radius 2 is 1.72 bits per heavy atom. The largest absolute Gasteiger partial charge is 0.322 e. The number of carbonyl (C=O) groups is 1. The Kier molecular flexibility index (Phi) is 5.15. The second-order valence-corrected chi connectivity index (χ2v) is 9.40. The molecule has 3 nitrogen and oxygen atoms in total. The smallest absolute Gasteiger partial charge is 0.255 e. The fraction of sp³-hybridized carbons (Fsp3) is 0.167. The Bertz CT molecular complexity index is 1160. The van der Waals surface area contributed by atoms with E-state index in [1.807, 2.05) is 60.7 Å². The minimum Gasteiger partial charge on any atom is -0.322 e. The highest BCUT2D eigenvalue weighted by Gasteiger charge is 2.15. The summed E-state index contributed by atoms with van der Waals surface area (Å²) < 4.78 is 1.12. The molecule has 3 aromatic carbocycles. The van der Waals surface area contributed by atoms with Gasteiger partial charge in [0.05, 0.1) is 15.2 Å². The van der Waals surface area contributed by atoms with Crippen LogP contribution >= 0.6 is 22.9 Å². The summed E-state index contributed by atoms with van der Waals surface area (Å²) in [7, 11) is 0. The molecule has 0 saturated heterocycles. The van der Waals surface area contributed by atoms with Crippen molar-refractivity contribution in [2.24, 2.45) is 0 Å². The normalized spacial score (nSPS) is 11.6. The van der Waals surface area contributed by atoms with Crippen LogP contribution in [0.4, 0.5) is 5.69 Å². The van der Waals surface area contributed by atoms with Crippen LogP contribution in [-0.4, -0.2) is 10.9 Å². The Hall–Kier alpha value is -2.69. The third-order valence-electron chi connectivity index (χ3n) is 4.76. The van der Waals surface area contributed by atoms with E-state index in [0.29, 0.717) is 16.3 Å². The van der Waals surface area contributed by atoms with E-state index >= 15 is 0 Å². The van der Waals surface area contributed by atoms with Gasteiger partial charge in [-0.2, -0.15) is 0 Å². The van der Waals surface area contributed by atoms with Gasteiger partial charge in [-0.25, -0.2) is 4.98 Å². The van der Waals surface area contributed by atoms with E-state index in [0.717, 1.165) is 20.8 Å². The number of halogens is 1. The lowest BCUT2D eigenvalue weighted by molar-refractivity contribution is 0.102. The standard InChI is InChI=1S/C24H21ClN2OS/c1-24(2,3)16-10-8-15(9-11-16)22(28)26-17-12-13-18(19(25)14-17)23-27-20-6-4-5-7-21(20)29-23/h4-14H,1-3H3,(H,26,28). The third-order valence-corrected chi connectivity index (χ3v) is 6.15. The molecule has 1 amide bonds. The van der Waals surface area contributed by atoms with Gasteiger partial charge in [-0.05, 0) is 53.4 Å². The number of hydrogen-bond donors (Lipinski definition) is 1. The molecular weight excluding hydrogens is 400 g/mol. The lowest BCUT2D eigenvalue weighted by Gasteiger charge is -2.19. The number of nitrogens with zero attached hydrogens (tertiary/aromatic N) is 1. The number of hydrogen-bond acceptors (Lipinski definition) is 3. The third kappa shape index (κ3) is 4.19. The molecule has 1 aromatic heterocycles. The van der Waals surface area contributed by atoms with Crippen molar-refractivity contribution < 1.29 is 4.79 Å². The van der Waals surface area contributed by atoms with Gasteiger partial charge in [0.1, 0.15) is 5.01 Å². The van der Waals surface area contributed by atoms with Crippen LogP contribution in [0.2, 0.25) is 5.02 Å². The summed E-state index contributed by atoms with van der Waals surface area (Å²) in [6.45, 7) is 6.45. The highest BCUT2D eigenvalue weighted by molar-refractivity contribution is 7.21. The molecule has 0 atom stereocenters. The van der Waals surface area contributed by atoms with Gasteiger partial charge in [0.15, 0.2) is 0 Å². The van der Waals surface area contributed by atoms with Crippen molar-refractivity contribution in [3.63, 3.8) is 0 Å². The molecule has 0 saturated carbocycles. The number of rotatable bonds is 3. The molecule has 1 N–H and O–H groups in total. The van der Waals surface area contributed by atoms with Crippen LogP contribution < -0.4 is 5.32 Å². The van der Waals surface area contributed by atoms with Crippen LogP contribution in [0.25, 0.3) is 20.8 Å². The first-order valence-electron chi connectivity index (χ1n) is 9.39. The maximum atomic E-state index is 12.6. The van der Waals surface area contributed by atoms with Gasteiger partial charge in [0.2, 0.25) is 0 Å². The van der Waals surface area contributed by atoms with Crippen molar-refractivity contribution >= 4 is 44.7 Å². The Morgan fingerprint density at radius 1 is 1.00 bits per heavy atom. The average molecular weight is 421 g/mol. The molecule has 0 aliphatic carbocycles. The van der Waals surface area contributed by atoms with E-state index < -0.39 is 0 Å². The van der Waals surface area contributed by atoms with Crippen LogP contribution in [0.15, 0.2) is 66.7 Å². The summed E-state index contributed by atoms with van der Waals surface area (Å²) in [6.07, 6.45) is 0. The monoisotopic (exact) mass is 420 g/mol. The Labute approximate surface area is 179 Å². The molecule has 0 aliphatic heterocycles. The summed E-state index contributed by atoms with van der Waals surface area (Å²) in [5.74, 6) is -0.158. The van der Waals surface area contributed by atoms with Gasteiger partial charge < -0.3 is 5.32 Å². The molecule has 1 heterocycles.